The molecule has 10 heavy (non-hydrogen) atoms. The predicted octanol–water partition coefficient (Wildman–Crippen LogP) is 0.166. The Hall–Kier alpha value is -0.810. The Morgan fingerprint density at radius 1 is 1.60 bits per heavy atom. The van der Waals surface area contributed by atoms with Crippen LogP contribution in [0, 0.1) is 23.7 Å². The van der Waals surface area contributed by atoms with Gasteiger partial charge in [0.25, 0.3) is 0 Å². The summed E-state index contributed by atoms with van der Waals surface area (Å²) in [5, 5.41) is 0. The van der Waals surface area contributed by atoms with E-state index < -0.39 is 11.4 Å². The van der Waals surface area contributed by atoms with Crippen LogP contribution in [0.4, 0.5) is 0 Å². The van der Waals surface area contributed by atoms with Gasteiger partial charge >= 0.3 is 11.4 Å². The summed E-state index contributed by atoms with van der Waals surface area (Å²) in [7, 11) is 0. The maximum Gasteiger partial charge on any atom is 0.302 e. The van der Waals surface area contributed by atoms with Gasteiger partial charge in [-0.15, -0.1) is 0 Å². The molecule has 0 aliphatic carbocycles. The molecule has 0 aromatic rings. The molecule has 1 atom stereocenters. The van der Waals surface area contributed by atoms with Gasteiger partial charge in [-0.25, -0.2) is 0 Å². The standard InChI is InChI=1S/C6H6O3S/c1-2-3-4-5-6-9-10(7)8/h6H2,1H3,(H,7,8). The lowest BCUT2D eigenvalue weighted by molar-refractivity contribution is 0.348. The minimum atomic E-state index is -2.22. The Balaban J connectivity index is 3.44. The molecule has 0 aromatic carbocycles. The van der Waals surface area contributed by atoms with Gasteiger partial charge in [0.1, 0.15) is 6.61 Å². The highest BCUT2D eigenvalue weighted by molar-refractivity contribution is 7.74. The molecule has 0 rings (SSSR count). The van der Waals surface area contributed by atoms with Gasteiger partial charge in [0.05, 0.1) is 0 Å². The van der Waals surface area contributed by atoms with Crippen molar-refractivity contribution in [2.75, 3.05) is 6.61 Å². The van der Waals surface area contributed by atoms with Crippen molar-refractivity contribution in [1.29, 1.82) is 0 Å². The second kappa shape index (κ2) is 6.31. The Bertz CT molecular complexity index is 225. The van der Waals surface area contributed by atoms with E-state index in [1.165, 1.54) is 0 Å². The first-order chi connectivity index (χ1) is 4.77. The summed E-state index contributed by atoms with van der Waals surface area (Å²) in [6.45, 7) is 1.58. The summed E-state index contributed by atoms with van der Waals surface area (Å²) < 4.78 is 22.0. The molecular formula is C6H6O3S. The van der Waals surface area contributed by atoms with E-state index in [9.17, 15) is 4.21 Å². The summed E-state index contributed by atoms with van der Waals surface area (Å²) in [4.78, 5) is 0. The fraction of sp³-hybridized carbons (Fsp3) is 0.333. The smallest absolute Gasteiger partial charge is 0.284 e. The minimum absolute atomic E-state index is 0.0716. The van der Waals surface area contributed by atoms with Gasteiger partial charge in [-0.1, -0.05) is 11.8 Å². The van der Waals surface area contributed by atoms with E-state index in [2.05, 4.69) is 27.9 Å². The van der Waals surface area contributed by atoms with Crippen molar-refractivity contribution >= 4 is 11.4 Å². The third-order valence-electron chi connectivity index (χ3n) is 0.508. The van der Waals surface area contributed by atoms with E-state index in [1.807, 2.05) is 0 Å². The molecule has 0 heterocycles. The fourth-order valence-corrected chi connectivity index (χ4v) is 0.382. The molecule has 4 heteroatoms. The van der Waals surface area contributed by atoms with Crippen LogP contribution >= 0.6 is 0 Å². The molecule has 1 N–H and O–H groups in total. The van der Waals surface area contributed by atoms with Crippen molar-refractivity contribution in [3.8, 4) is 23.7 Å². The Labute approximate surface area is 62.3 Å². The third kappa shape index (κ3) is 7.19. The lowest BCUT2D eigenvalue weighted by Gasteiger charge is -1.85. The van der Waals surface area contributed by atoms with E-state index in [1.54, 1.807) is 6.92 Å². The molecule has 0 aromatic heterocycles. The maximum atomic E-state index is 9.82. The highest BCUT2D eigenvalue weighted by Crippen LogP contribution is 1.74. The zero-order chi connectivity index (χ0) is 7.82. The first kappa shape index (κ1) is 9.19. The second-order valence-electron chi connectivity index (χ2n) is 1.16. The summed E-state index contributed by atoms with van der Waals surface area (Å²) in [6.07, 6.45) is 0. The van der Waals surface area contributed by atoms with Gasteiger partial charge < -0.3 is 0 Å². The van der Waals surface area contributed by atoms with Crippen LogP contribution in [0.15, 0.2) is 0 Å². The Morgan fingerprint density at radius 2 is 2.30 bits per heavy atom. The van der Waals surface area contributed by atoms with Gasteiger partial charge in [0, 0.05) is 0 Å². The Morgan fingerprint density at radius 3 is 2.80 bits per heavy atom. The highest BCUT2D eigenvalue weighted by atomic mass is 32.2. The van der Waals surface area contributed by atoms with Crippen molar-refractivity contribution in [3.63, 3.8) is 0 Å². The van der Waals surface area contributed by atoms with Crippen molar-refractivity contribution in [3.05, 3.63) is 0 Å². The number of rotatable bonds is 2. The van der Waals surface area contributed by atoms with Gasteiger partial charge in [-0.3, -0.25) is 8.74 Å². The van der Waals surface area contributed by atoms with Crippen LogP contribution in [-0.4, -0.2) is 15.4 Å². The second-order valence-corrected chi connectivity index (χ2v) is 1.83. The van der Waals surface area contributed by atoms with Crippen LogP contribution in [0.2, 0.25) is 0 Å². The van der Waals surface area contributed by atoms with Crippen LogP contribution in [0.1, 0.15) is 6.92 Å². The van der Waals surface area contributed by atoms with Crippen LogP contribution in [0.3, 0.4) is 0 Å². The van der Waals surface area contributed by atoms with Gasteiger partial charge in [0.2, 0.25) is 0 Å². The van der Waals surface area contributed by atoms with E-state index in [0.29, 0.717) is 0 Å². The average molecular weight is 158 g/mol. The van der Waals surface area contributed by atoms with Gasteiger partial charge in [-0.2, -0.15) is 4.21 Å². The third-order valence-corrected chi connectivity index (χ3v) is 0.827. The first-order valence-electron chi connectivity index (χ1n) is 2.41. The molecule has 0 radical (unpaired) electrons. The Kier molecular flexibility index (Phi) is 5.80. The fourth-order valence-electron chi connectivity index (χ4n) is 0.223. The topological polar surface area (TPSA) is 46.5 Å². The van der Waals surface area contributed by atoms with Crippen molar-refractivity contribution in [2.45, 2.75) is 6.92 Å². The highest BCUT2D eigenvalue weighted by Gasteiger charge is 1.85. The average Bonchev–Trinajstić information content (AvgIpc) is 1.87. The lowest BCUT2D eigenvalue weighted by Crippen LogP contribution is -1.93. The van der Waals surface area contributed by atoms with Gasteiger partial charge in [0.15, 0.2) is 0 Å². The summed E-state index contributed by atoms with van der Waals surface area (Å²) >= 11 is -2.22. The molecule has 0 saturated carbocycles. The molecule has 1 unspecified atom stereocenters. The minimum Gasteiger partial charge on any atom is -0.284 e. The van der Waals surface area contributed by atoms with E-state index in [0.717, 1.165) is 0 Å². The van der Waals surface area contributed by atoms with Crippen LogP contribution < -0.4 is 0 Å². The maximum absolute atomic E-state index is 9.82. The molecule has 0 bridgehead atoms. The molecule has 0 fully saturated rings. The van der Waals surface area contributed by atoms with Crippen LogP contribution in [0.25, 0.3) is 0 Å². The van der Waals surface area contributed by atoms with Crippen molar-refractivity contribution < 1.29 is 12.9 Å². The summed E-state index contributed by atoms with van der Waals surface area (Å²) in [5.74, 6) is 9.82. The van der Waals surface area contributed by atoms with E-state index in [4.69, 9.17) is 4.55 Å². The lowest BCUT2D eigenvalue weighted by atomic mass is 10.6. The summed E-state index contributed by atoms with van der Waals surface area (Å²) in [6, 6.07) is 0. The van der Waals surface area contributed by atoms with Crippen molar-refractivity contribution in [1.82, 2.24) is 0 Å². The van der Waals surface area contributed by atoms with E-state index >= 15 is 0 Å². The molecule has 0 amide bonds. The molecule has 0 spiro atoms. The molecule has 0 aliphatic heterocycles. The first-order valence-corrected chi connectivity index (χ1v) is 3.44. The number of hydrogen-bond acceptors (Lipinski definition) is 2. The van der Waals surface area contributed by atoms with E-state index in [-0.39, 0.29) is 6.61 Å². The molecule has 0 aliphatic rings. The monoisotopic (exact) mass is 158 g/mol. The van der Waals surface area contributed by atoms with Crippen molar-refractivity contribution in [2.24, 2.45) is 0 Å². The number of hydrogen-bond donors (Lipinski definition) is 1. The van der Waals surface area contributed by atoms with Crippen LogP contribution in [0.5, 0.6) is 0 Å². The predicted molar refractivity (Wildman–Crippen MR) is 37.9 cm³/mol. The summed E-state index contributed by atoms with van der Waals surface area (Å²) in [5.41, 5.74) is 0. The molecule has 3 nitrogen and oxygen atoms in total. The SMILES string of the molecule is CC#CC#CCOS(=O)O. The molecule has 54 valence electrons. The molecule has 0 saturated heterocycles. The molecular weight excluding hydrogens is 152 g/mol. The quantitative estimate of drug-likeness (QED) is 0.460. The zero-order valence-corrected chi connectivity index (χ0v) is 6.20. The largest absolute Gasteiger partial charge is 0.302 e. The van der Waals surface area contributed by atoms with Crippen LogP contribution in [-0.2, 0) is 15.5 Å². The normalized spacial score (nSPS) is 10.2. The zero-order valence-electron chi connectivity index (χ0n) is 5.38. The van der Waals surface area contributed by atoms with Gasteiger partial charge in [-0.05, 0) is 18.8 Å².